The van der Waals surface area contributed by atoms with Crippen LogP contribution in [0.4, 0.5) is 0 Å². The molecule has 0 spiro atoms. The summed E-state index contributed by atoms with van der Waals surface area (Å²) in [6.45, 7) is 6.20. The van der Waals surface area contributed by atoms with E-state index in [-0.39, 0.29) is 5.91 Å². The van der Waals surface area contributed by atoms with E-state index in [4.69, 9.17) is 0 Å². The summed E-state index contributed by atoms with van der Waals surface area (Å²) in [6, 6.07) is 8.21. The Kier molecular flexibility index (Phi) is 4.22. The molecule has 3 heterocycles. The molecule has 1 amide bonds. The molecule has 7 heteroatoms. The Hall–Kier alpha value is -1.60. The van der Waals surface area contributed by atoms with Crippen molar-refractivity contribution in [2.75, 3.05) is 18.8 Å². The average Bonchev–Trinajstić information content (AvgIpc) is 3.10. The summed E-state index contributed by atoms with van der Waals surface area (Å²) in [6.07, 6.45) is 1.21. The summed E-state index contributed by atoms with van der Waals surface area (Å²) in [5.74, 6) is 1.80. The van der Waals surface area contributed by atoms with Crippen LogP contribution < -0.4 is 0 Å². The van der Waals surface area contributed by atoms with Gasteiger partial charge in [-0.2, -0.15) is 0 Å². The Balaban J connectivity index is 1.51. The molecule has 1 aliphatic rings. The molecular formula is C17H20N4OS2. The fourth-order valence-corrected chi connectivity index (χ4v) is 5.40. The number of carbonyl (C=O) groups excluding carboxylic acids is 1. The van der Waals surface area contributed by atoms with Crippen LogP contribution in [0.1, 0.15) is 20.3 Å². The number of likely N-dealkylation sites (tertiary alicyclic amines) is 1. The molecule has 4 rings (SSSR count). The lowest BCUT2D eigenvalue weighted by Gasteiger charge is -2.34. The lowest BCUT2D eigenvalue weighted by Crippen LogP contribution is -2.43. The van der Waals surface area contributed by atoms with Gasteiger partial charge in [0.15, 0.2) is 5.16 Å². The molecule has 0 bridgehead atoms. The van der Waals surface area contributed by atoms with Crippen molar-refractivity contribution in [2.24, 2.45) is 11.8 Å². The zero-order valence-electron chi connectivity index (χ0n) is 13.8. The first-order valence-corrected chi connectivity index (χ1v) is 10.0. The molecule has 126 valence electrons. The van der Waals surface area contributed by atoms with Gasteiger partial charge in [-0.05, 0) is 30.4 Å². The maximum Gasteiger partial charge on any atom is 0.233 e. The molecule has 0 N–H and O–H groups in total. The highest BCUT2D eigenvalue weighted by molar-refractivity contribution is 7.99. The molecule has 2 atom stereocenters. The van der Waals surface area contributed by atoms with Crippen LogP contribution in [0, 0.1) is 11.8 Å². The van der Waals surface area contributed by atoms with E-state index in [2.05, 4.69) is 40.6 Å². The Morgan fingerprint density at radius 2 is 2.00 bits per heavy atom. The lowest BCUT2D eigenvalue weighted by atomic mass is 9.92. The summed E-state index contributed by atoms with van der Waals surface area (Å²) in [7, 11) is 0. The third-order valence-electron chi connectivity index (χ3n) is 4.46. The van der Waals surface area contributed by atoms with Crippen molar-refractivity contribution in [1.82, 2.24) is 19.5 Å². The maximum atomic E-state index is 12.6. The number of nitrogens with zero attached hydrogens (tertiary/aromatic N) is 4. The standard InChI is InChI=1S/C17H20N4OS2/c1-11-7-12(2)9-20(8-11)15(22)10-23-16-18-19-17-21(16)13-5-3-4-6-14(13)24-17/h3-6,11-12H,7-10H2,1-2H3. The van der Waals surface area contributed by atoms with Gasteiger partial charge in [0.05, 0.1) is 16.0 Å². The largest absolute Gasteiger partial charge is 0.341 e. The number of rotatable bonds is 3. The van der Waals surface area contributed by atoms with Gasteiger partial charge < -0.3 is 4.90 Å². The summed E-state index contributed by atoms with van der Waals surface area (Å²) in [5.41, 5.74) is 1.11. The predicted octanol–water partition coefficient (Wildman–Crippen LogP) is 3.54. The van der Waals surface area contributed by atoms with Crippen LogP contribution in [0.25, 0.3) is 15.2 Å². The van der Waals surface area contributed by atoms with E-state index < -0.39 is 0 Å². The molecule has 1 fully saturated rings. The number of amides is 1. The summed E-state index contributed by atoms with van der Waals surface area (Å²) < 4.78 is 3.24. The van der Waals surface area contributed by atoms with Crippen molar-refractivity contribution in [3.63, 3.8) is 0 Å². The monoisotopic (exact) mass is 360 g/mol. The maximum absolute atomic E-state index is 12.6. The number of hydrogen-bond donors (Lipinski definition) is 0. The molecule has 2 aromatic heterocycles. The smallest absolute Gasteiger partial charge is 0.233 e. The molecule has 3 aromatic rings. The third kappa shape index (κ3) is 2.91. The van der Waals surface area contributed by atoms with Crippen LogP contribution in [0.15, 0.2) is 29.4 Å². The number of para-hydroxylation sites is 1. The zero-order valence-corrected chi connectivity index (χ0v) is 15.4. The fourth-order valence-electron chi connectivity index (χ4n) is 3.53. The number of carbonyl (C=O) groups is 1. The van der Waals surface area contributed by atoms with E-state index in [1.807, 2.05) is 17.0 Å². The average molecular weight is 361 g/mol. The SMILES string of the molecule is CC1CC(C)CN(C(=O)CSc2nnc3sc4ccccc4n23)C1. The van der Waals surface area contributed by atoms with Crippen molar-refractivity contribution >= 4 is 44.2 Å². The molecule has 2 unspecified atom stereocenters. The van der Waals surface area contributed by atoms with Gasteiger partial charge in [0.1, 0.15) is 0 Å². The van der Waals surface area contributed by atoms with Gasteiger partial charge in [0.2, 0.25) is 10.9 Å². The van der Waals surface area contributed by atoms with Crippen LogP contribution in [0.5, 0.6) is 0 Å². The second kappa shape index (κ2) is 6.37. The molecule has 1 aliphatic heterocycles. The van der Waals surface area contributed by atoms with Gasteiger partial charge in [0, 0.05) is 13.1 Å². The van der Waals surface area contributed by atoms with E-state index in [9.17, 15) is 4.79 Å². The van der Waals surface area contributed by atoms with Crippen LogP contribution in [-0.2, 0) is 4.79 Å². The highest BCUT2D eigenvalue weighted by Gasteiger charge is 2.25. The minimum Gasteiger partial charge on any atom is -0.341 e. The zero-order chi connectivity index (χ0) is 16.7. The van der Waals surface area contributed by atoms with Crippen molar-refractivity contribution in [3.8, 4) is 0 Å². The predicted molar refractivity (Wildman–Crippen MR) is 98.6 cm³/mol. The minimum atomic E-state index is 0.203. The second-order valence-corrected chi connectivity index (χ2v) is 8.66. The topological polar surface area (TPSA) is 50.5 Å². The van der Waals surface area contributed by atoms with E-state index in [1.54, 1.807) is 11.3 Å². The number of thiazole rings is 1. The van der Waals surface area contributed by atoms with Gasteiger partial charge in [-0.25, -0.2) is 0 Å². The van der Waals surface area contributed by atoms with Gasteiger partial charge in [-0.1, -0.05) is 49.1 Å². The fraction of sp³-hybridized carbons (Fsp3) is 0.471. The van der Waals surface area contributed by atoms with Crippen molar-refractivity contribution in [3.05, 3.63) is 24.3 Å². The number of benzene rings is 1. The van der Waals surface area contributed by atoms with Crippen molar-refractivity contribution < 1.29 is 4.79 Å². The number of fused-ring (bicyclic) bond motifs is 3. The Morgan fingerprint density at radius 3 is 2.79 bits per heavy atom. The van der Waals surface area contributed by atoms with E-state index in [0.29, 0.717) is 17.6 Å². The van der Waals surface area contributed by atoms with E-state index in [1.165, 1.54) is 22.9 Å². The molecule has 1 aromatic carbocycles. The van der Waals surface area contributed by atoms with Crippen LogP contribution in [0.3, 0.4) is 0 Å². The summed E-state index contributed by atoms with van der Waals surface area (Å²) in [4.78, 5) is 15.5. The van der Waals surface area contributed by atoms with Gasteiger partial charge in [-0.15, -0.1) is 10.2 Å². The lowest BCUT2D eigenvalue weighted by molar-refractivity contribution is -0.130. The summed E-state index contributed by atoms with van der Waals surface area (Å²) in [5, 5.41) is 9.32. The van der Waals surface area contributed by atoms with E-state index >= 15 is 0 Å². The number of hydrogen-bond acceptors (Lipinski definition) is 5. The number of piperidine rings is 1. The van der Waals surface area contributed by atoms with Crippen LogP contribution in [-0.4, -0.2) is 44.2 Å². The Labute approximate surface area is 149 Å². The number of thioether (sulfide) groups is 1. The normalized spacial score (nSPS) is 21.7. The molecule has 24 heavy (non-hydrogen) atoms. The van der Waals surface area contributed by atoms with Crippen LogP contribution in [0.2, 0.25) is 0 Å². The highest BCUT2D eigenvalue weighted by atomic mass is 32.2. The van der Waals surface area contributed by atoms with Gasteiger partial charge >= 0.3 is 0 Å². The van der Waals surface area contributed by atoms with E-state index in [0.717, 1.165) is 28.7 Å². The van der Waals surface area contributed by atoms with Crippen molar-refractivity contribution in [2.45, 2.75) is 25.4 Å². The van der Waals surface area contributed by atoms with Gasteiger partial charge in [-0.3, -0.25) is 9.20 Å². The van der Waals surface area contributed by atoms with Crippen LogP contribution >= 0.6 is 23.1 Å². The highest BCUT2D eigenvalue weighted by Crippen LogP contribution is 2.30. The Bertz CT molecular complexity index is 877. The minimum absolute atomic E-state index is 0.203. The van der Waals surface area contributed by atoms with Gasteiger partial charge in [0.25, 0.3) is 0 Å². The third-order valence-corrected chi connectivity index (χ3v) is 6.38. The molecule has 5 nitrogen and oxygen atoms in total. The molecule has 0 aliphatic carbocycles. The number of aromatic nitrogens is 3. The second-order valence-electron chi connectivity index (χ2n) is 6.70. The quantitative estimate of drug-likeness (QED) is 0.671. The summed E-state index contributed by atoms with van der Waals surface area (Å²) >= 11 is 3.11. The van der Waals surface area contributed by atoms with Crippen molar-refractivity contribution in [1.29, 1.82) is 0 Å². The first-order valence-electron chi connectivity index (χ1n) is 8.25. The molecule has 0 saturated carbocycles. The Morgan fingerprint density at radius 1 is 1.25 bits per heavy atom. The first-order chi connectivity index (χ1) is 11.6. The molecular weight excluding hydrogens is 340 g/mol. The molecule has 1 saturated heterocycles. The first kappa shape index (κ1) is 15.9. The molecule has 0 radical (unpaired) electrons.